The van der Waals surface area contributed by atoms with Gasteiger partial charge in [-0.2, -0.15) is 0 Å². The third-order valence-corrected chi connectivity index (χ3v) is 4.35. The first-order valence-corrected chi connectivity index (χ1v) is 9.21. The van der Waals surface area contributed by atoms with Crippen molar-refractivity contribution in [1.29, 1.82) is 0 Å². The molecule has 1 aromatic carbocycles. The largest absolute Gasteiger partial charge is 0.389 e. The Bertz CT molecular complexity index is 1030. The summed E-state index contributed by atoms with van der Waals surface area (Å²) in [6.45, 7) is 3.45. The summed E-state index contributed by atoms with van der Waals surface area (Å²) in [5, 5.41) is 18.5. The fourth-order valence-corrected chi connectivity index (χ4v) is 2.40. The number of hydrogen-bond acceptors (Lipinski definition) is 8. The zero-order chi connectivity index (χ0) is 21.6. The Kier molecular flexibility index (Phi) is 6.48. The number of amides is 1. The summed E-state index contributed by atoms with van der Waals surface area (Å²) in [4.78, 5) is 22.2. The zero-order valence-electron chi connectivity index (χ0n) is 17.2. The molecule has 2 heterocycles. The van der Waals surface area contributed by atoms with Crippen molar-refractivity contribution in [3.8, 4) is 0 Å². The van der Waals surface area contributed by atoms with E-state index in [0.717, 1.165) is 5.56 Å². The Morgan fingerprint density at radius 1 is 1.17 bits per heavy atom. The van der Waals surface area contributed by atoms with E-state index in [4.69, 9.17) is 9.57 Å². The lowest BCUT2D eigenvalue weighted by Crippen LogP contribution is -2.39. The van der Waals surface area contributed by atoms with E-state index < -0.39 is 5.60 Å². The van der Waals surface area contributed by atoms with Crippen LogP contribution >= 0.6 is 0 Å². The van der Waals surface area contributed by atoms with Gasteiger partial charge in [-0.25, -0.2) is 9.67 Å². The van der Waals surface area contributed by atoms with Crippen molar-refractivity contribution in [2.45, 2.75) is 26.1 Å². The molecular weight excluding hydrogens is 386 g/mol. The summed E-state index contributed by atoms with van der Waals surface area (Å²) < 4.78 is 6.69. The fraction of sp³-hybridized carbons (Fsp3) is 0.300. The lowest BCUT2D eigenvalue weighted by Gasteiger charge is -2.21. The smallest absolute Gasteiger partial charge is 0.257 e. The minimum atomic E-state index is -0.965. The average molecular weight is 409 g/mol. The number of pyridine rings is 1. The molecule has 3 aromatic rings. The van der Waals surface area contributed by atoms with Crippen molar-refractivity contribution in [2.24, 2.45) is 12.2 Å². The van der Waals surface area contributed by atoms with Crippen LogP contribution in [0.3, 0.4) is 0 Å². The number of tetrazole rings is 1. The molecule has 0 saturated carbocycles. The normalized spacial score (nSPS) is 11.9. The van der Waals surface area contributed by atoms with Crippen LogP contribution in [-0.4, -0.2) is 49.5 Å². The first-order chi connectivity index (χ1) is 14.4. The molecular formula is C20H23N7O3. The highest BCUT2D eigenvalue weighted by Gasteiger charge is 2.27. The monoisotopic (exact) mass is 409 g/mol. The summed E-state index contributed by atoms with van der Waals surface area (Å²) in [5.41, 5.74) is 0.934. The Labute approximate surface area is 173 Å². The molecule has 0 atom stereocenters. The lowest BCUT2D eigenvalue weighted by atomic mass is 10.1. The number of anilines is 1. The number of carbonyl (C=O) groups excluding carboxylic acids is 1. The van der Waals surface area contributed by atoms with Gasteiger partial charge in [0.1, 0.15) is 11.4 Å². The van der Waals surface area contributed by atoms with Crippen LogP contribution in [0.2, 0.25) is 0 Å². The van der Waals surface area contributed by atoms with E-state index in [9.17, 15) is 4.79 Å². The molecule has 2 aromatic heterocycles. The van der Waals surface area contributed by atoms with Crippen LogP contribution in [0.15, 0.2) is 53.7 Å². The van der Waals surface area contributed by atoms with Crippen LogP contribution in [0.1, 0.15) is 30.9 Å². The molecule has 10 heteroatoms. The number of ether oxygens (including phenoxy) is 1. The van der Waals surface area contributed by atoms with Gasteiger partial charge in [-0.05, 0) is 36.4 Å². The number of hydrogen-bond donors (Lipinski definition) is 1. The van der Waals surface area contributed by atoms with Crippen LogP contribution in [0, 0.1) is 0 Å². The van der Waals surface area contributed by atoms with Crippen molar-refractivity contribution in [1.82, 2.24) is 25.2 Å². The van der Waals surface area contributed by atoms with Gasteiger partial charge >= 0.3 is 0 Å². The highest BCUT2D eigenvalue weighted by molar-refractivity contribution is 6.10. The zero-order valence-corrected chi connectivity index (χ0v) is 17.2. The van der Waals surface area contributed by atoms with Gasteiger partial charge in [0.05, 0.1) is 5.69 Å². The number of methoxy groups -OCH3 is 1. The quantitative estimate of drug-likeness (QED) is 0.446. The molecule has 0 bridgehead atoms. The standard InChI is InChI=1S/C20H23N7O3/c1-20(2,29-4)19(28)22-16-12-8-11-15(21-16)13-30-24-17(14-9-6-5-7-10-14)18-23-25-26-27(18)3/h5-12H,13H2,1-4H3,(H,21,22,28)/b24-17-. The molecule has 156 valence electrons. The number of carbonyl (C=O) groups is 1. The molecule has 0 unspecified atom stereocenters. The van der Waals surface area contributed by atoms with Crippen molar-refractivity contribution >= 4 is 17.4 Å². The molecule has 0 aliphatic carbocycles. The molecule has 0 radical (unpaired) electrons. The Morgan fingerprint density at radius 3 is 2.60 bits per heavy atom. The Hall–Kier alpha value is -3.66. The molecule has 10 nitrogen and oxygen atoms in total. The van der Waals surface area contributed by atoms with Crippen LogP contribution in [0.25, 0.3) is 0 Å². The number of rotatable bonds is 8. The van der Waals surface area contributed by atoms with E-state index in [2.05, 4.69) is 31.0 Å². The second kappa shape index (κ2) is 9.23. The Morgan fingerprint density at radius 2 is 1.93 bits per heavy atom. The lowest BCUT2D eigenvalue weighted by molar-refractivity contribution is -0.133. The van der Waals surface area contributed by atoms with Gasteiger partial charge in [0, 0.05) is 19.7 Å². The molecule has 3 rings (SSSR count). The molecule has 0 spiro atoms. The van der Waals surface area contributed by atoms with Crippen LogP contribution in [0.5, 0.6) is 0 Å². The molecule has 0 aliphatic heterocycles. The number of nitrogens with zero attached hydrogens (tertiary/aromatic N) is 6. The molecule has 1 N–H and O–H groups in total. The first kappa shape index (κ1) is 21.1. The topological polar surface area (TPSA) is 116 Å². The molecule has 0 saturated heterocycles. The van der Waals surface area contributed by atoms with E-state index >= 15 is 0 Å². The highest BCUT2D eigenvalue weighted by atomic mass is 16.6. The maximum atomic E-state index is 12.2. The molecule has 30 heavy (non-hydrogen) atoms. The molecule has 1 amide bonds. The van der Waals surface area contributed by atoms with Crippen LogP contribution in [0.4, 0.5) is 5.82 Å². The second-order valence-corrected chi connectivity index (χ2v) is 6.89. The second-order valence-electron chi connectivity index (χ2n) is 6.89. The van der Waals surface area contributed by atoms with Crippen molar-refractivity contribution in [3.05, 3.63) is 65.6 Å². The van der Waals surface area contributed by atoms with Gasteiger partial charge in [0.15, 0.2) is 12.3 Å². The predicted molar refractivity (Wildman–Crippen MR) is 110 cm³/mol. The Balaban J connectivity index is 1.74. The highest BCUT2D eigenvalue weighted by Crippen LogP contribution is 2.13. The van der Waals surface area contributed by atoms with Gasteiger partial charge in [0.25, 0.3) is 5.91 Å². The summed E-state index contributed by atoms with van der Waals surface area (Å²) in [5.74, 6) is 0.572. The number of nitrogens with one attached hydrogen (secondary N) is 1. The number of aryl methyl sites for hydroxylation is 1. The number of aromatic nitrogens is 5. The third kappa shape index (κ3) is 5.03. The predicted octanol–water partition coefficient (Wildman–Crippen LogP) is 1.94. The van der Waals surface area contributed by atoms with Crippen molar-refractivity contribution in [3.63, 3.8) is 0 Å². The van der Waals surface area contributed by atoms with Crippen LogP contribution < -0.4 is 5.32 Å². The van der Waals surface area contributed by atoms with Gasteiger partial charge in [0.2, 0.25) is 5.82 Å². The van der Waals surface area contributed by atoms with Gasteiger partial charge in [-0.3, -0.25) is 4.79 Å². The van der Waals surface area contributed by atoms with E-state index in [1.165, 1.54) is 11.8 Å². The summed E-state index contributed by atoms with van der Waals surface area (Å²) in [6, 6.07) is 14.7. The maximum absolute atomic E-state index is 12.2. The minimum Gasteiger partial charge on any atom is -0.389 e. The first-order valence-electron chi connectivity index (χ1n) is 9.21. The van der Waals surface area contributed by atoms with E-state index in [1.54, 1.807) is 39.1 Å². The number of oxime groups is 1. The van der Waals surface area contributed by atoms with E-state index in [0.29, 0.717) is 23.0 Å². The molecule has 0 aliphatic rings. The SMILES string of the molecule is COC(C)(C)C(=O)Nc1cccc(CO/N=C(/c2ccccc2)c2nnnn2C)n1. The maximum Gasteiger partial charge on any atom is 0.257 e. The third-order valence-electron chi connectivity index (χ3n) is 4.35. The summed E-state index contributed by atoms with van der Waals surface area (Å²) >= 11 is 0. The summed E-state index contributed by atoms with van der Waals surface area (Å²) in [7, 11) is 3.20. The number of benzene rings is 1. The van der Waals surface area contributed by atoms with Crippen molar-refractivity contribution < 1.29 is 14.4 Å². The van der Waals surface area contributed by atoms with Crippen molar-refractivity contribution in [2.75, 3.05) is 12.4 Å². The van der Waals surface area contributed by atoms with Gasteiger partial charge < -0.3 is 14.9 Å². The fourth-order valence-electron chi connectivity index (χ4n) is 2.40. The van der Waals surface area contributed by atoms with E-state index in [-0.39, 0.29) is 12.5 Å². The average Bonchev–Trinajstić information content (AvgIpc) is 3.17. The van der Waals surface area contributed by atoms with Crippen LogP contribution in [-0.2, 0) is 28.0 Å². The minimum absolute atomic E-state index is 0.0962. The van der Waals surface area contributed by atoms with Gasteiger partial charge in [-0.15, -0.1) is 5.10 Å². The summed E-state index contributed by atoms with van der Waals surface area (Å²) in [6.07, 6.45) is 0. The van der Waals surface area contributed by atoms with Gasteiger partial charge in [-0.1, -0.05) is 41.6 Å². The van der Waals surface area contributed by atoms with E-state index in [1.807, 2.05) is 30.3 Å². The molecule has 0 fully saturated rings.